The molecule has 2 unspecified atom stereocenters. The number of pyridine rings is 1. The van der Waals surface area contributed by atoms with Gasteiger partial charge in [-0.3, -0.25) is 4.57 Å². The number of rotatable bonds is 3. The highest BCUT2D eigenvalue weighted by molar-refractivity contribution is 5.77. The molecule has 1 aliphatic rings. The molecule has 2 heterocycles. The third-order valence-corrected chi connectivity index (χ3v) is 4.61. The molecule has 108 valence electrons. The molecule has 20 heavy (non-hydrogen) atoms. The molecule has 0 radical (unpaired) electrons. The van der Waals surface area contributed by atoms with Crippen LogP contribution in [0.25, 0.3) is 11.2 Å². The molecule has 0 aromatic carbocycles. The average molecular weight is 274 g/mol. The maximum Gasteiger partial charge on any atom is 0.202 e. The smallest absolute Gasteiger partial charge is 0.202 e. The first-order valence-electron chi connectivity index (χ1n) is 7.17. The first-order chi connectivity index (χ1) is 9.46. The number of fused-ring (bicyclic) bond motifs is 1. The van der Waals surface area contributed by atoms with Crippen molar-refractivity contribution in [3.63, 3.8) is 0 Å². The average Bonchev–Trinajstić information content (AvgIpc) is 2.72. The van der Waals surface area contributed by atoms with Crippen LogP contribution < -0.4 is 5.73 Å². The summed E-state index contributed by atoms with van der Waals surface area (Å²) in [7, 11) is 0. The number of nitrogen functional groups attached to an aromatic ring is 1. The first kappa shape index (κ1) is 13.4. The number of hydrogen-bond donors (Lipinski definition) is 1. The molecule has 5 heteroatoms. The Kier molecular flexibility index (Phi) is 2.97. The fourth-order valence-electron chi connectivity index (χ4n) is 3.22. The molecular formula is C15H22N4O. The van der Waals surface area contributed by atoms with E-state index in [0.717, 1.165) is 29.8 Å². The van der Waals surface area contributed by atoms with Crippen LogP contribution >= 0.6 is 0 Å². The third-order valence-electron chi connectivity index (χ3n) is 4.61. The van der Waals surface area contributed by atoms with E-state index < -0.39 is 0 Å². The summed E-state index contributed by atoms with van der Waals surface area (Å²) in [6.07, 6.45) is 3.06. The van der Waals surface area contributed by atoms with Crippen molar-refractivity contribution in [2.75, 3.05) is 12.3 Å². The van der Waals surface area contributed by atoms with Crippen molar-refractivity contribution < 1.29 is 4.74 Å². The van der Waals surface area contributed by atoms with Crippen LogP contribution in [0.15, 0.2) is 12.3 Å². The fourth-order valence-corrected chi connectivity index (χ4v) is 3.22. The van der Waals surface area contributed by atoms with Crippen LogP contribution in [0, 0.1) is 12.3 Å². The molecule has 2 N–H and O–H groups in total. The fraction of sp³-hybridized carbons (Fsp3) is 0.600. The summed E-state index contributed by atoms with van der Waals surface area (Å²) >= 11 is 0. The van der Waals surface area contributed by atoms with E-state index in [1.165, 1.54) is 0 Å². The van der Waals surface area contributed by atoms with Gasteiger partial charge in [0.25, 0.3) is 0 Å². The Morgan fingerprint density at radius 2 is 2.25 bits per heavy atom. The Labute approximate surface area is 119 Å². The summed E-state index contributed by atoms with van der Waals surface area (Å²) in [6.45, 7) is 9.27. The lowest BCUT2D eigenvalue weighted by Crippen LogP contribution is -2.51. The van der Waals surface area contributed by atoms with E-state index in [0.29, 0.717) is 12.0 Å². The van der Waals surface area contributed by atoms with Gasteiger partial charge in [0, 0.05) is 24.3 Å². The zero-order valence-electron chi connectivity index (χ0n) is 12.6. The lowest BCUT2D eigenvalue weighted by Gasteiger charge is -2.52. The molecule has 1 aliphatic carbocycles. The lowest BCUT2D eigenvalue weighted by molar-refractivity contribution is -0.126. The molecule has 0 bridgehead atoms. The number of imidazole rings is 1. The highest BCUT2D eigenvalue weighted by atomic mass is 16.5. The number of anilines is 1. The highest BCUT2D eigenvalue weighted by Gasteiger charge is 2.51. The van der Waals surface area contributed by atoms with Crippen LogP contribution in [-0.4, -0.2) is 27.2 Å². The SMILES string of the molecule is CCOC1CC(n2c(N)nc3c(C)ccnc32)C1(C)C. The Morgan fingerprint density at radius 1 is 1.50 bits per heavy atom. The van der Waals surface area contributed by atoms with E-state index in [-0.39, 0.29) is 11.5 Å². The van der Waals surface area contributed by atoms with Crippen molar-refractivity contribution in [1.82, 2.24) is 14.5 Å². The second-order valence-electron chi connectivity index (χ2n) is 6.16. The number of nitrogens with two attached hydrogens (primary N) is 1. The van der Waals surface area contributed by atoms with Gasteiger partial charge in [-0.25, -0.2) is 9.97 Å². The van der Waals surface area contributed by atoms with E-state index in [4.69, 9.17) is 10.5 Å². The van der Waals surface area contributed by atoms with Gasteiger partial charge >= 0.3 is 0 Å². The van der Waals surface area contributed by atoms with Crippen LogP contribution in [0.1, 0.15) is 38.8 Å². The van der Waals surface area contributed by atoms with E-state index in [1.807, 2.05) is 26.1 Å². The minimum Gasteiger partial charge on any atom is -0.378 e. The second-order valence-corrected chi connectivity index (χ2v) is 6.16. The molecule has 0 saturated heterocycles. The van der Waals surface area contributed by atoms with Gasteiger partial charge in [0.15, 0.2) is 5.65 Å². The zero-order chi connectivity index (χ0) is 14.5. The lowest BCUT2D eigenvalue weighted by atomic mass is 9.64. The van der Waals surface area contributed by atoms with Gasteiger partial charge in [-0.15, -0.1) is 0 Å². The maximum atomic E-state index is 6.14. The third kappa shape index (κ3) is 1.73. The van der Waals surface area contributed by atoms with E-state index in [9.17, 15) is 0 Å². The predicted octanol–water partition coefficient (Wildman–Crippen LogP) is 2.70. The molecular weight excluding hydrogens is 252 g/mol. The molecule has 0 amide bonds. The minimum atomic E-state index is 0.0448. The van der Waals surface area contributed by atoms with Gasteiger partial charge in [-0.1, -0.05) is 13.8 Å². The quantitative estimate of drug-likeness (QED) is 0.934. The van der Waals surface area contributed by atoms with Crippen LogP contribution in [0.4, 0.5) is 5.95 Å². The van der Waals surface area contributed by atoms with Gasteiger partial charge < -0.3 is 10.5 Å². The summed E-state index contributed by atoms with van der Waals surface area (Å²) in [6, 6.07) is 2.26. The second kappa shape index (κ2) is 4.45. The van der Waals surface area contributed by atoms with Crippen molar-refractivity contribution in [2.45, 2.75) is 46.3 Å². The Morgan fingerprint density at radius 3 is 2.90 bits per heavy atom. The number of aryl methyl sites for hydroxylation is 1. The standard InChI is InChI=1S/C15H22N4O/c1-5-20-11-8-10(15(11,3)4)19-13-12(18-14(19)16)9(2)6-7-17-13/h6-7,10-11H,5,8H2,1-4H3,(H2,16,18). The van der Waals surface area contributed by atoms with Gasteiger partial charge in [-0.2, -0.15) is 0 Å². The summed E-state index contributed by atoms with van der Waals surface area (Å²) in [5.41, 5.74) is 9.09. The monoisotopic (exact) mass is 274 g/mol. The molecule has 1 saturated carbocycles. The molecule has 0 spiro atoms. The maximum absolute atomic E-state index is 6.14. The summed E-state index contributed by atoms with van der Waals surface area (Å²) in [5.74, 6) is 0.551. The van der Waals surface area contributed by atoms with E-state index in [1.54, 1.807) is 0 Å². The predicted molar refractivity (Wildman–Crippen MR) is 79.5 cm³/mol. The topological polar surface area (TPSA) is 66.0 Å². The van der Waals surface area contributed by atoms with E-state index in [2.05, 4.69) is 28.4 Å². The van der Waals surface area contributed by atoms with Gasteiger partial charge in [0.1, 0.15) is 5.52 Å². The van der Waals surface area contributed by atoms with Crippen LogP contribution in [0.3, 0.4) is 0 Å². The highest BCUT2D eigenvalue weighted by Crippen LogP contribution is 2.52. The molecule has 2 aromatic heterocycles. The van der Waals surface area contributed by atoms with Crippen molar-refractivity contribution in [1.29, 1.82) is 0 Å². The first-order valence-corrected chi connectivity index (χ1v) is 7.17. The zero-order valence-corrected chi connectivity index (χ0v) is 12.6. The van der Waals surface area contributed by atoms with Gasteiger partial charge in [-0.05, 0) is 31.9 Å². The van der Waals surface area contributed by atoms with Crippen molar-refractivity contribution in [3.8, 4) is 0 Å². The van der Waals surface area contributed by atoms with Gasteiger partial charge in [0.2, 0.25) is 5.95 Å². The number of hydrogen-bond acceptors (Lipinski definition) is 4. The number of aromatic nitrogens is 3. The normalized spacial score (nSPS) is 24.8. The van der Waals surface area contributed by atoms with E-state index >= 15 is 0 Å². The number of nitrogens with zero attached hydrogens (tertiary/aromatic N) is 3. The number of ether oxygens (including phenoxy) is 1. The largest absolute Gasteiger partial charge is 0.378 e. The van der Waals surface area contributed by atoms with Crippen molar-refractivity contribution in [2.24, 2.45) is 5.41 Å². The van der Waals surface area contributed by atoms with Crippen LogP contribution in [0.5, 0.6) is 0 Å². The van der Waals surface area contributed by atoms with Crippen LogP contribution in [0.2, 0.25) is 0 Å². The van der Waals surface area contributed by atoms with Crippen molar-refractivity contribution >= 4 is 17.1 Å². The molecule has 2 aromatic rings. The molecule has 5 nitrogen and oxygen atoms in total. The van der Waals surface area contributed by atoms with Crippen LogP contribution in [-0.2, 0) is 4.74 Å². The molecule has 2 atom stereocenters. The molecule has 3 rings (SSSR count). The summed E-state index contributed by atoms with van der Waals surface area (Å²) in [4.78, 5) is 8.97. The Balaban J connectivity index is 2.04. The summed E-state index contributed by atoms with van der Waals surface area (Å²) < 4.78 is 7.88. The Hall–Kier alpha value is -1.62. The minimum absolute atomic E-state index is 0.0448. The summed E-state index contributed by atoms with van der Waals surface area (Å²) in [5, 5.41) is 0. The molecule has 0 aliphatic heterocycles. The van der Waals surface area contributed by atoms with Crippen molar-refractivity contribution in [3.05, 3.63) is 17.8 Å². The van der Waals surface area contributed by atoms with Gasteiger partial charge in [0.05, 0.1) is 6.10 Å². The molecule has 1 fully saturated rings. The Bertz CT molecular complexity index is 647.